The minimum atomic E-state index is -0.443. The van der Waals surface area contributed by atoms with Crippen molar-refractivity contribution in [3.8, 4) is 0 Å². The number of fused-ring (bicyclic) bond motifs is 1. The summed E-state index contributed by atoms with van der Waals surface area (Å²) in [6.07, 6.45) is 4.02. The zero-order valence-electron chi connectivity index (χ0n) is 14.9. The molecule has 0 spiro atoms. The molecule has 1 heterocycles. The number of hydrogen-bond acceptors (Lipinski definition) is 3. The highest BCUT2D eigenvalue weighted by molar-refractivity contribution is 5.68. The van der Waals surface area contributed by atoms with Crippen molar-refractivity contribution < 1.29 is 9.53 Å². The second-order valence-electron chi connectivity index (χ2n) is 7.32. The molecule has 1 N–H and O–H groups in total. The first-order chi connectivity index (χ1) is 10.9. The monoisotopic (exact) mass is 318 g/mol. The van der Waals surface area contributed by atoms with Crippen molar-refractivity contribution in [3.05, 3.63) is 34.9 Å². The molecule has 1 aromatic carbocycles. The summed E-state index contributed by atoms with van der Waals surface area (Å²) in [7, 11) is 1.98. The van der Waals surface area contributed by atoms with Gasteiger partial charge in [0.15, 0.2) is 0 Å². The quantitative estimate of drug-likeness (QED) is 0.864. The van der Waals surface area contributed by atoms with Crippen LogP contribution in [0.1, 0.15) is 50.3 Å². The predicted octanol–water partition coefficient (Wildman–Crippen LogP) is 3.52. The second kappa shape index (κ2) is 7.82. The lowest BCUT2D eigenvalue weighted by molar-refractivity contribution is 0.0237. The van der Waals surface area contributed by atoms with Crippen molar-refractivity contribution in [2.75, 3.05) is 20.1 Å². The van der Waals surface area contributed by atoms with Gasteiger partial charge in [0.05, 0.1) is 0 Å². The van der Waals surface area contributed by atoms with Crippen LogP contribution in [0.5, 0.6) is 0 Å². The number of nitrogens with zero attached hydrogens (tertiary/aromatic N) is 1. The summed E-state index contributed by atoms with van der Waals surface area (Å²) < 4.78 is 5.54. The van der Waals surface area contributed by atoms with Gasteiger partial charge in [-0.1, -0.05) is 18.2 Å². The minimum absolute atomic E-state index is 0.203. The SMILES string of the molecule is CNCCCc1ccc2c(c1)CN(C(=O)OC(C)(C)C)CCC2. The molecule has 0 aromatic heterocycles. The Morgan fingerprint density at radius 3 is 2.78 bits per heavy atom. The summed E-state index contributed by atoms with van der Waals surface area (Å²) in [4.78, 5) is 14.2. The number of rotatable bonds is 4. The van der Waals surface area contributed by atoms with Crippen molar-refractivity contribution in [3.63, 3.8) is 0 Å². The summed E-state index contributed by atoms with van der Waals surface area (Å²) in [5.41, 5.74) is 3.55. The van der Waals surface area contributed by atoms with Crippen LogP contribution in [0.15, 0.2) is 18.2 Å². The first-order valence-electron chi connectivity index (χ1n) is 8.62. The fraction of sp³-hybridized carbons (Fsp3) is 0.632. The summed E-state index contributed by atoms with van der Waals surface area (Å²) in [5, 5.41) is 3.18. The van der Waals surface area contributed by atoms with Crippen LogP contribution in [0.4, 0.5) is 4.79 Å². The van der Waals surface area contributed by atoms with Crippen LogP contribution in [0.3, 0.4) is 0 Å². The summed E-state index contributed by atoms with van der Waals surface area (Å²) in [5.74, 6) is 0. The van der Waals surface area contributed by atoms with Crippen LogP contribution >= 0.6 is 0 Å². The molecule has 1 aromatic rings. The molecule has 0 radical (unpaired) electrons. The maximum atomic E-state index is 12.4. The van der Waals surface area contributed by atoms with E-state index >= 15 is 0 Å². The lowest BCUT2D eigenvalue weighted by Gasteiger charge is -2.26. The molecule has 0 saturated carbocycles. The van der Waals surface area contributed by atoms with E-state index in [0.717, 1.165) is 38.8 Å². The first-order valence-corrected chi connectivity index (χ1v) is 8.62. The third-order valence-corrected chi connectivity index (χ3v) is 4.05. The van der Waals surface area contributed by atoms with Crippen molar-refractivity contribution in [2.24, 2.45) is 0 Å². The molecule has 4 nitrogen and oxygen atoms in total. The van der Waals surface area contributed by atoms with Crippen molar-refractivity contribution >= 4 is 6.09 Å². The third kappa shape index (κ3) is 5.54. The van der Waals surface area contributed by atoms with Gasteiger partial charge >= 0.3 is 6.09 Å². The molecule has 128 valence electrons. The van der Waals surface area contributed by atoms with Crippen molar-refractivity contribution in [1.82, 2.24) is 10.2 Å². The van der Waals surface area contributed by atoms with E-state index in [0.29, 0.717) is 6.54 Å². The molecular formula is C19H30N2O2. The van der Waals surface area contributed by atoms with Crippen molar-refractivity contribution in [2.45, 2.75) is 58.6 Å². The number of carbonyl (C=O) groups excluding carboxylic acids is 1. The fourth-order valence-electron chi connectivity index (χ4n) is 2.92. The summed E-state index contributed by atoms with van der Waals surface area (Å²) >= 11 is 0. The number of aryl methyl sites for hydroxylation is 2. The van der Waals surface area contributed by atoms with Gasteiger partial charge in [0.25, 0.3) is 0 Å². The molecule has 0 unspecified atom stereocenters. The molecule has 1 amide bonds. The predicted molar refractivity (Wildman–Crippen MR) is 93.7 cm³/mol. The number of hydrogen-bond donors (Lipinski definition) is 1. The van der Waals surface area contributed by atoms with Gasteiger partial charge in [-0.05, 0) is 76.7 Å². The van der Waals surface area contributed by atoms with Crippen LogP contribution < -0.4 is 5.32 Å². The normalized spacial score (nSPS) is 15.0. The van der Waals surface area contributed by atoms with E-state index in [1.165, 1.54) is 16.7 Å². The van der Waals surface area contributed by atoms with Crippen LogP contribution in [0, 0.1) is 0 Å². The Kier molecular flexibility index (Phi) is 6.05. The topological polar surface area (TPSA) is 41.6 Å². The van der Waals surface area contributed by atoms with E-state index < -0.39 is 5.60 Å². The smallest absolute Gasteiger partial charge is 0.410 e. The van der Waals surface area contributed by atoms with Gasteiger partial charge < -0.3 is 15.0 Å². The maximum Gasteiger partial charge on any atom is 0.410 e. The van der Waals surface area contributed by atoms with Gasteiger partial charge in [-0.3, -0.25) is 0 Å². The number of benzene rings is 1. The van der Waals surface area contributed by atoms with Gasteiger partial charge in [-0.25, -0.2) is 4.79 Å². The summed E-state index contributed by atoms with van der Waals surface area (Å²) in [6.45, 7) is 8.19. The standard InChI is InChI=1S/C19H30N2O2/c1-19(2,3)23-18(22)21-12-6-8-16-10-9-15(7-5-11-20-4)13-17(16)14-21/h9-10,13,20H,5-8,11-12,14H2,1-4H3. The zero-order valence-corrected chi connectivity index (χ0v) is 14.9. The molecule has 1 aliphatic heterocycles. The second-order valence-corrected chi connectivity index (χ2v) is 7.32. The Morgan fingerprint density at radius 1 is 1.30 bits per heavy atom. The van der Waals surface area contributed by atoms with Gasteiger partial charge in [0.1, 0.15) is 5.60 Å². The third-order valence-electron chi connectivity index (χ3n) is 4.05. The molecule has 0 fully saturated rings. The number of carbonyl (C=O) groups is 1. The largest absolute Gasteiger partial charge is 0.444 e. The fourth-order valence-corrected chi connectivity index (χ4v) is 2.92. The van der Waals surface area contributed by atoms with E-state index in [-0.39, 0.29) is 6.09 Å². The first kappa shape index (κ1) is 17.8. The lowest BCUT2D eigenvalue weighted by atomic mass is 9.99. The Balaban J connectivity index is 2.08. The van der Waals surface area contributed by atoms with Gasteiger partial charge in [0, 0.05) is 13.1 Å². The van der Waals surface area contributed by atoms with E-state index in [9.17, 15) is 4.79 Å². The Morgan fingerprint density at radius 2 is 2.09 bits per heavy atom. The van der Waals surface area contributed by atoms with E-state index in [1.807, 2.05) is 32.7 Å². The van der Waals surface area contributed by atoms with Crippen molar-refractivity contribution in [1.29, 1.82) is 0 Å². The minimum Gasteiger partial charge on any atom is -0.444 e. The van der Waals surface area contributed by atoms with E-state index in [4.69, 9.17) is 4.74 Å². The molecule has 0 saturated heterocycles. The van der Waals surface area contributed by atoms with Crippen LogP contribution in [-0.4, -0.2) is 36.7 Å². The highest BCUT2D eigenvalue weighted by atomic mass is 16.6. The Bertz CT molecular complexity index is 535. The Hall–Kier alpha value is -1.55. The van der Waals surface area contributed by atoms with Gasteiger partial charge in [-0.15, -0.1) is 0 Å². The van der Waals surface area contributed by atoms with Crippen LogP contribution in [0.25, 0.3) is 0 Å². The maximum absolute atomic E-state index is 12.4. The highest BCUT2D eigenvalue weighted by Crippen LogP contribution is 2.22. The van der Waals surface area contributed by atoms with Crippen LogP contribution in [-0.2, 0) is 24.1 Å². The lowest BCUT2D eigenvalue weighted by Crippen LogP contribution is -2.36. The van der Waals surface area contributed by atoms with Gasteiger partial charge in [0.2, 0.25) is 0 Å². The number of ether oxygens (including phenoxy) is 1. The average Bonchev–Trinajstić information content (AvgIpc) is 2.67. The van der Waals surface area contributed by atoms with Crippen LogP contribution in [0.2, 0.25) is 0 Å². The molecule has 0 bridgehead atoms. The molecular weight excluding hydrogens is 288 g/mol. The molecule has 0 aliphatic carbocycles. The zero-order chi connectivity index (χ0) is 16.9. The molecule has 1 aliphatic rings. The highest BCUT2D eigenvalue weighted by Gasteiger charge is 2.24. The van der Waals surface area contributed by atoms with E-state index in [2.05, 4.69) is 23.5 Å². The molecule has 23 heavy (non-hydrogen) atoms. The average molecular weight is 318 g/mol. The van der Waals surface area contributed by atoms with E-state index in [1.54, 1.807) is 0 Å². The molecule has 2 rings (SSSR count). The summed E-state index contributed by atoms with van der Waals surface area (Å²) in [6, 6.07) is 6.74. The Labute approximate surface area is 140 Å². The molecule has 0 atom stereocenters. The number of amides is 1. The number of nitrogens with one attached hydrogen (secondary N) is 1. The molecule has 4 heteroatoms. The van der Waals surface area contributed by atoms with Gasteiger partial charge in [-0.2, -0.15) is 0 Å².